The highest BCUT2D eigenvalue weighted by molar-refractivity contribution is 5.97. The molecule has 0 aromatic rings. The molecule has 2 fully saturated rings. The topological polar surface area (TPSA) is 58.6 Å². The number of rotatable bonds is 8. The van der Waals surface area contributed by atoms with Crippen molar-refractivity contribution in [3.8, 4) is 0 Å². The number of hydrogen-bond donors (Lipinski definition) is 1. The van der Waals surface area contributed by atoms with Gasteiger partial charge in [-0.3, -0.25) is 9.59 Å². The summed E-state index contributed by atoms with van der Waals surface area (Å²) >= 11 is 0. The molecule has 5 nitrogen and oxygen atoms in total. The monoisotopic (exact) mass is 296 g/mol. The van der Waals surface area contributed by atoms with Gasteiger partial charge in [0, 0.05) is 13.2 Å². The number of amides is 2. The van der Waals surface area contributed by atoms with Crippen molar-refractivity contribution < 1.29 is 14.3 Å². The van der Waals surface area contributed by atoms with Gasteiger partial charge < -0.3 is 15.0 Å². The molecule has 2 atom stereocenters. The van der Waals surface area contributed by atoms with E-state index < -0.39 is 0 Å². The molecule has 2 amide bonds. The van der Waals surface area contributed by atoms with Gasteiger partial charge in [0.15, 0.2) is 0 Å². The lowest BCUT2D eigenvalue weighted by atomic mass is 9.96. The summed E-state index contributed by atoms with van der Waals surface area (Å²) in [5.41, 5.74) is 0. The molecule has 2 unspecified atom stereocenters. The third kappa shape index (κ3) is 4.19. The summed E-state index contributed by atoms with van der Waals surface area (Å²) in [5.74, 6) is 0.823. The largest absolute Gasteiger partial charge is 0.380 e. The Morgan fingerprint density at radius 1 is 1.29 bits per heavy atom. The molecule has 1 aliphatic carbocycles. The molecule has 1 aliphatic heterocycles. The third-order valence-corrected chi connectivity index (χ3v) is 4.14. The van der Waals surface area contributed by atoms with E-state index in [1.54, 1.807) is 4.90 Å². The highest BCUT2D eigenvalue weighted by atomic mass is 16.5. The minimum Gasteiger partial charge on any atom is -0.380 e. The van der Waals surface area contributed by atoms with Crippen LogP contribution in [0.15, 0.2) is 0 Å². The molecule has 1 N–H and O–H groups in total. The first-order chi connectivity index (χ1) is 10.0. The minimum atomic E-state index is -0.335. The van der Waals surface area contributed by atoms with Crippen molar-refractivity contribution in [2.75, 3.05) is 19.8 Å². The summed E-state index contributed by atoms with van der Waals surface area (Å²) in [6, 6.07) is -0.634. The maximum atomic E-state index is 12.7. The highest BCUT2D eigenvalue weighted by Crippen LogP contribution is 2.35. The van der Waals surface area contributed by atoms with Crippen molar-refractivity contribution in [2.24, 2.45) is 11.8 Å². The van der Waals surface area contributed by atoms with Gasteiger partial charge >= 0.3 is 0 Å². The molecule has 120 valence electrons. The van der Waals surface area contributed by atoms with Gasteiger partial charge in [-0.15, -0.1) is 0 Å². The Balaban J connectivity index is 2.02. The average molecular weight is 296 g/mol. The van der Waals surface area contributed by atoms with Crippen molar-refractivity contribution in [2.45, 2.75) is 58.5 Å². The molecule has 1 heterocycles. The van der Waals surface area contributed by atoms with Gasteiger partial charge in [-0.25, -0.2) is 0 Å². The zero-order chi connectivity index (χ0) is 15.4. The fourth-order valence-corrected chi connectivity index (χ4v) is 2.89. The molecule has 0 aromatic carbocycles. The summed E-state index contributed by atoms with van der Waals surface area (Å²) in [7, 11) is 0. The van der Waals surface area contributed by atoms with E-state index >= 15 is 0 Å². The van der Waals surface area contributed by atoms with E-state index in [1.165, 1.54) is 0 Å². The number of nitrogens with one attached hydrogen (secondary N) is 1. The van der Waals surface area contributed by atoms with E-state index in [2.05, 4.69) is 26.1 Å². The van der Waals surface area contributed by atoms with Crippen LogP contribution in [0.3, 0.4) is 0 Å². The number of nitrogens with zero attached hydrogens (tertiary/aromatic N) is 1. The van der Waals surface area contributed by atoms with Crippen LogP contribution in [0.4, 0.5) is 0 Å². The lowest BCUT2D eigenvalue weighted by Crippen LogP contribution is -2.64. The normalized spacial score (nSPS) is 26.4. The van der Waals surface area contributed by atoms with Crippen molar-refractivity contribution >= 4 is 11.8 Å². The Labute approximate surface area is 127 Å². The average Bonchev–Trinajstić information content (AvgIpc) is 3.25. The second-order valence-corrected chi connectivity index (χ2v) is 6.61. The van der Waals surface area contributed by atoms with E-state index in [0.29, 0.717) is 38.0 Å². The Morgan fingerprint density at radius 2 is 2.00 bits per heavy atom. The SMILES string of the molecule is CCCOCCN1C(=O)C(C2CC2)NC(=O)C1CC(C)C. The first-order valence-electron chi connectivity index (χ1n) is 8.23. The molecular weight excluding hydrogens is 268 g/mol. The van der Waals surface area contributed by atoms with Gasteiger partial charge in [-0.05, 0) is 37.5 Å². The van der Waals surface area contributed by atoms with Crippen molar-refractivity contribution in [1.29, 1.82) is 0 Å². The van der Waals surface area contributed by atoms with Crippen LogP contribution in [0, 0.1) is 11.8 Å². The maximum Gasteiger partial charge on any atom is 0.246 e. The second-order valence-electron chi connectivity index (χ2n) is 6.61. The van der Waals surface area contributed by atoms with E-state index in [1.807, 2.05) is 0 Å². The third-order valence-electron chi connectivity index (χ3n) is 4.14. The zero-order valence-electron chi connectivity index (χ0n) is 13.4. The molecule has 1 saturated carbocycles. The number of piperazine rings is 1. The summed E-state index contributed by atoms with van der Waals surface area (Å²) in [6.45, 7) is 7.96. The molecule has 0 spiro atoms. The van der Waals surface area contributed by atoms with Crippen molar-refractivity contribution in [3.63, 3.8) is 0 Å². The quantitative estimate of drug-likeness (QED) is 0.692. The number of ether oxygens (including phenoxy) is 1. The first kappa shape index (κ1) is 16.3. The maximum absolute atomic E-state index is 12.7. The van der Waals surface area contributed by atoms with E-state index in [0.717, 1.165) is 19.3 Å². The van der Waals surface area contributed by atoms with Crippen LogP contribution < -0.4 is 5.32 Å². The van der Waals surface area contributed by atoms with Crippen LogP contribution in [0.2, 0.25) is 0 Å². The van der Waals surface area contributed by atoms with E-state index in [9.17, 15) is 9.59 Å². The van der Waals surface area contributed by atoms with Crippen LogP contribution in [0.25, 0.3) is 0 Å². The van der Waals surface area contributed by atoms with Crippen LogP contribution in [-0.2, 0) is 14.3 Å². The van der Waals surface area contributed by atoms with Gasteiger partial charge in [-0.2, -0.15) is 0 Å². The van der Waals surface area contributed by atoms with Gasteiger partial charge in [0.05, 0.1) is 6.61 Å². The molecule has 5 heteroatoms. The zero-order valence-corrected chi connectivity index (χ0v) is 13.4. The van der Waals surface area contributed by atoms with Gasteiger partial charge in [0.2, 0.25) is 11.8 Å². The summed E-state index contributed by atoms with van der Waals surface area (Å²) < 4.78 is 5.51. The Kier molecular flexibility index (Phi) is 5.62. The fraction of sp³-hybridized carbons (Fsp3) is 0.875. The summed E-state index contributed by atoms with van der Waals surface area (Å²) in [4.78, 5) is 26.8. The number of hydrogen-bond acceptors (Lipinski definition) is 3. The fourth-order valence-electron chi connectivity index (χ4n) is 2.89. The molecule has 1 saturated heterocycles. The van der Waals surface area contributed by atoms with Crippen LogP contribution in [-0.4, -0.2) is 48.6 Å². The molecule has 0 aromatic heterocycles. The highest BCUT2D eigenvalue weighted by Gasteiger charge is 2.46. The predicted octanol–water partition coefficient (Wildman–Crippen LogP) is 1.56. The Morgan fingerprint density at radius 3 is 2.57 bits per heavy atom. The Hall–Kier alpha value is -1.10. The van der Waals surface area contributed by atoms with Crippen LogP contribution >= 0.6 is 0 Å². The standard InChI is InChI=1S/C16H28N2O3/c1-4-8-21-9-7-18-13(10-11(2)3)15(19)17-14(16(18)20)12-5-6-12/h11-14H,4-10H2,1-3H3,(H,17,19). The number of carbonyl (C=O) groups excluding carboxylic acids is 2. The molecule has 0 radical (unpaired) electrons. The summed E-state index contributed by atoms with van der Waals surface area (Å²) in [5, 5.41) is 2.94. The molecule has 0 bridgehead atoms. The van der Waals surface area contributed by atoms with E-state index in [4.69, 9.17) is 4.74 Å². The lowest BCUT2D eigenvalue weighted by Gasteiger charge is -2.39. The Bertz CT molecular complexity index is 380. The molecular formula is C16H28N2O3. The van der Waals surface area contributed by atoms with E-state index in [-0.39, 0.29) is 23.9 Å². The van der Waals surface area contributed by atoms with Gasteiger partial charge in [0.25, 0.3) is 0 Å². The lowest BCUT2D eigenvalue weighted by molar-refractivity contribution is -0.151. The van der Waals surface area contributed by atoms with Gasteiger partial charge in [-0.1, -0.05) is 20.8 Å². The first-order valence-corrected chi connectivity index (χ1v) is 8.23. The second kappa shape index (κ2) is 7.25. The minimum absolute atomic E-state index is 0.00990. The number of carbonyl (C=O) groups is 2. The van der Waals surface area contributed by atoms with Crippen molar-refractivity contribution in [1.82, 2.24) is 10.2 Å². The van der Waals surface area contributed by atoms with Gasteiger partial charge in [0.1, 0.15) is 12.1 Å². The van der Waals surface area contributed by atoms with Crippen LogP contribution in [0.1, 0.15) is 46.5 Å². The molecule has 2 rings (SSSR count). The molecule has 21 heavy (non-hydrogen) atoms. The smallest absolute Gasteiger partial charge is 0.246 e. The summed E-state index contributed by atoms with van der Waals surface area (Å²) in [6.07, 6.45) is 3.77. The van der Waals surface area contributed by atoms with Crippen LogP contribution in [0.5, 0.6) is 0 Å². The predicted molar refractivity (Wildman–Crippen MR) is 80.7 cm³/mol. The van der Waals surface area contributed by atoms with Crippen molar-refractivity contribution in [3.05, 3.63) is 0 Å². The molecule has 2 aliphatic rings.